The Morgan fingerprint density at radius 2 is 2.20 bits per heavy atom. The summed E-state index contributed by atoms with van der Waals surface area (Å²) in [4.78, 5) is 21.1. The van der Waals surface area contributed by atoms with Crippen LogP contribution in [0.5, 0.6) is 0 Å². The molecule has 7 heteroatoms. The highest BCUT2D eigenvalue weighted by Crippen LogP contribution is 2.49. The van der Waals surface area contributed by atoms with Crippen LogP contribution in [0, 0.1) is 31.6 Å². The maximum Gasteiger partial charge on any atom is 0.253 e. The van der Waals surface area contributed by atoms with Gasteiger partial charge in [-0.3, -0.25) is 4.79 Å². The van der Waals surface area contributed by atoms with Crippen molar-refractivity contribution in [3.63, 3.8) is 0 Å². The lowest BCUT2D eigenvalue weighted by atomic mass is 9.84. The quantitative estimate of drug-likeness (QED) is 0.831. The lowest BCUT2D eigenvalue weighted by Gasteiger charge is -2.28. The number of amides is 1. The maximum absolute atomic E-state index is 12.3. The molecule has 2 aromatic heterocycles. The molecule has 2 saturated carbocycles. The largest absolute Gasteiger partial charge is 0.353 e. The summed E-state index contributed by atoms with van der Waals surface area (Å²) in [7, 11) is 0. The monoisotopic (exact) mass is 359 g/mol. The number of fused-ring (bicyclic) bond motifs is 3. The second-order valence-corrected chi connectivity index (χ2v) is 8.57. The minimum Gasteiger partial charge on any atom is -0.353 e. The minimum atomic E-state index is 0.0694. The molecule has 2 aliphatic carbocycles. The molecule has 134 valence electrons. The van der Waals surface area contributed by atoms with Crippen LogP contribution in [-0.2, 0) is 4.79 Å². The Labute approximate surface area is 152 Å². The van der Waals surface area contributed by atoms with Crippen molar-refractivity contribution in [3.8, 4) is 0 Å². The summed E-state index contributed by atoms with van der Waals surface area (Å²) in [6.45, 7) is 6.08. The van der Waals surface area contributed by atoms with Crippen LogP contribution in [0.15, 0.2) is 11.2 Å². The first-order valence-corrected chi connectivity index (χ1v) is 10.1. The van der Waals surface area contributed by atoms with E-state index in [1.54, 1.807) is 4.52 Å². The van der Waals surface area contributed by atoms with E-state index in [0.717, 1.165) is 23.2 Å². The fraction of sp³-hybridized carbons (Fsp3) is 0.667. The Morgan fingerprint density at radius 1 is 1.36 bits per heavy atom. The molecule has 4 atom stereocenters. The zero-order chi connectivity index (χ0) is 17.6. The molecule has 1 N–H and O–H groups in total. The van der Waals surface area contributed by atoms with E-state index < -0.39 is 0 Å². The van der Waals surface area contributed by atoms with Crippen LogP contribution in [0.3, 0.4) is 0 Å². The number of carbonyl (C=O) groups excluding carboxylic acids is 1. The summed E-state index contributed by atoms with van der Waals surface area (Å²) in [6.07, 6.45) is 5.40. The number of nitrogens with zero attached hydrogens (tertiary/aromatic N) is 4. The van der Waals surface area contributed by atoms with Gasteiger partial charge in [-0.15, -0.1) is 5.10 Å². The maximum atomic E-state index is 12.3. The SMILES string of the molecule is Cc1cc(C)n2nc(SCC(=O)N[C@@H](C)[C@H]3C[C@H]4CC[C@H]3C4)nc2n1. The average Bonchev–Trinajstić information content (AvgIpc) is 3.27. The predicted octanol–water partition coefficient (Wildman–Crippen LogP) is 2.77. The Kier molecular flexibility index (Phi) is 4.43. The fourth-order valence-electron chi connectivity index (χ4n) is 4.65. The van der Waals surface area contributed by atoms with Gasteiger partial charge in [0.05, 0.1) is 5.75 Å². The van der Waals surface area contributed by atoms with Gasteiger partial charge in [0.25, 0.3) is 5.78 Å². The van der Waals surface area contributed by atoms with Crippen molar-refractivity contribution in [2.24, 2.45) is 17.8 Å². The van der Waals surface area contributed by atoms with Gasteiger partial charge in [-0.05, 0) is 63.9 Å². The van der Waals surface area contributed by atoms with Crippen molar-refractivity contribution in [1.29, 1.82) is 0 Å². The van der Waals surface area contributed by atoms with E-state index in [0.29, 0.717) is 22.6 Å². The molecule has 2 aliphatic rings. The normalized spacial score (nSPS) is 26.3. The number of rotatable bonds is 5. The topological polar surface area (TPSA) is 72.2 Å². The highest BCUT2D eigenvalue weighted by molar-refractivity contribution is 7.99. The van der Waals surface area contributed by atoms with Gasteiger partial charge in [-0.1, -0.05) is 18.2 Å². The summed E-state index contributed by atoms with van der Waals surface area (Å²) >= 11 is 1.37. The third-order valence-corrected chi connectivity index (χ3v) is 6.59. The van der Waals surface area contributed by atoms with E-state index >= 15 is 0 Å². The zero-order valence-corrected chi connectivity index (χ0v) is 15.8. The molecule has 2 fully saturated rings. The second-order valence-electron chi connectivity index (χ2n) is 7.63. The van der Waals surface area contributed by atoms with Gasteiger partial charge in [0, 0.05) is 17.4 Å². The van der Waals surface area contributed by atoms with E-state index in [1.807, 2.05) is 19.9 Å². The summed E-state index contributed by atoms with van der Waals surface area (Å²) in [6, 6.07) is 2.24. The highest BCUT2D eigenvalue weighted by Gasteiger charge is 2.42. The van der Waals surface area contributed by atoms with Crippen LogP contribution in [-0.4, -0.2) is 37.3 Å². The van der Waals surface area contributed by atoms with Gasteiger partial charge in [0.1, 0.15) is 0 Å². The Bertz CT molecular complexity index is 804. The van der Waals surface area contributed by atoms with Gasteiger partial charge in [-0.2, -0.15) is 4.98 Å². The lowest BCUT2D eigenvalue weighted by molar-refractivity contribution is -0.119. The van der Waals surface area contributed by atoms with Crippen molar-refractivity contribution < 1.29 is 4.79 Å². The smallest absolute Gasteiger partial charge is 0.253 e. The summed E-state index contributed by atoms with van der Waals surface area (Å²) in [5, 5.41) is 8.23. The van der Waals surface area contributed by atoms with E-state index in [9.17, 15) is 4.79 Å². The molecule has 0 spiro atoms. The van der Waals surface area contributed by atoms with Crippen LogP contribution >= 0.6 is 11.8 Å². The summed E-state index contributed by atoms with van der Waals surface area (Å²) < 4.78 is 1.73. The minimum absolute atomic E-state index is 0.0694. The van der Waals surface area contributed by atoms with Crippen molar-refractivity contribution in [3.05, 3.63) is 17.5 Å². The Balaban J connectivity index is 1.33. The summed E-state index contributed by atoms with van der Waals surface area (Å²) in [5.74, 6) is 3.40. The molecule has 0 radical (unpaired) electrons. The van der Waals surface area contributed by atoms with Crippen LogP contribution in [0.4, 0.5) is 0 Å². The van der Waals surface area contributed by atoms with Crippen LogP contribution < -0.4 is 5.32 Å². The molecule has 2 bridgehead atoms. The van der Waals surface area contributed by atoms with Crippen LogP contribution in [0.1, 0.15) is 44.0 Å². The Morgan fingerprint density at radius 3 is 2.92 bits per heavy atom. The van der Waals surface area contributed by atoms with Crippen molar-refractivity contribution in [2.75, 3.05) is 5.75 Å². The van der Waals surface area contributed by atoms with Crippen molar-refractivity contribution >= 4 is 23.4 Å². The number of hydrogen-bond acceptors (Lipinski definition) is 5. The molecule has 2 aromatic rings. The number of aromatic nitrogens is 4. The Hall–Kier alpha value is -1.63. The van der Waals surface area contributed by atoms with Crippen molar-refractivity contribution in [2.45, 2.75) is 57.7 Å². The fourth-order valence-corrected chi connectivity index (χ4v) is 5.28. The number of aryl methyl sites for hydroxylation is 2. The lowest BCUT2D eigenvalue weighted by Crippen LogP contribution is -2.40. The first kappa shape index (κ1) is 16.8. The van der Waals surface area contributed by atoms with E-state index in [2.05, 4.69) is 27.3 Å². The molecular weight excluding hydrogens is 334 g/mol. The first-order valence-electron chi connectivity index (χ1n) is 9.13. The van der Waals surface area contributed by atoms with E-state index in [4.69, 9.17) is 0 Å². The average molecular weight is 359 g/mol. The molecule has 0 saturated heterocycles. The van der Waals surface area contributed by atoms with Gasteiger partial charge < -0.3 is 5.32 Å². The molecule has 2 heterocycles. The van der Waals surface area contributed by atoms with Gasteiger partial charge in [0.2, 0.25) is 11.1 Å². The van der Waals surface area contributed by atoms with Gasteiger partial charge in [-0.25, -0.2) is 9.50 Å². The molecule has 25 heavy (non-hydrogen) atoms. The molecule has 1 amide bonds. The number of carbonyl (C=O) groups is 1. The van der Waals surface area contributed by atoms with Crippen LogP contribution in [0.25, 0.3) is 5.78 Å². The van der Waals surface area contributed by atoms with E-state index in [-0.39, 0.29) is 11.9 Å². The van der Waals surface area contributed by atoms with Crippen molar-refractivity contribution in [1.82, 2.24) is 24.9 Å². The zero-order valence-electron chi connectivity index (χ0n) is 15.0. The molecule has 6 nitrogen and oxygen atoms in total. The van der Waals surface area contributed by atoms with Gasteiger partial charge >= 0.3 is 0 Å². The molecule has 0 aromatic carbocycles. The first-order chi connectivity index (χ1) is 12.0. The number of nitrogens with one attached hydrogen (secondary N) is 1. The molecular formula is C18H25N5OS. The van der Waals surface area contributed by atoms with Crippen LogP contribution in [0.2, 0.25) is 0 Å². The molecule has 0 aliphatic heterocycles. The number of hydrogen-bond donors (Lipinski definition) is 1. The third-order valence-electron chi connectivity index (χ3n) is 5.75. The standard InChI is InChI=1S/C18H25N5OS/c1-10-6-11(2)23-17(19-10)21-18(22-23)25-9-16(24)20-12(3)15-8-13-4-5-14(15)7-13/h6,12-15H,4-5,7-9H2,1-3H3,(H,20,24)/t12-,13-,14-,15+/m0/s1. The second kappa shape index (κ2) is 6.59. The molecule has 4 rings (SSSR count). The van der Waals surface area contributed by atoms with Gasteiger partial charge in [0.15, 0.2) is 0 Å². The number of thioether (sulfide) groups is 1. The summed E-state index contributed by atoms with van der Waals surface area (Å²) in [5.41, 5.74) is 1.92. The highest BCUT2D eigenvalue weighted by atomic mass is 32.2. The third kappa shape index (κ3) is 3.38. The predicted molar refractivity (Wildman–Crippen MR) is 97.5 cm³/mol. The van der Waals surface area contributed by atoms with E-state index in [1.165, 1.54) is 37.4 Å². The molecule has 0 unspecified atom stereocenters.